The summed E-state index contributed by atoms with van der Waals surface area (Å²) in [5, 5.41) is 3.06. The van der Waals surface area contributed by atoms with Crippen LogP contribution in [0.3, 0.4) is 0 Å². The quantitative estimate of drug-likeness (QED) is 0.736. The Kier molecular flexibility index (Phi) is 1.98. The molecule has 1 saturated carbocycles. The Bertz CT molecular complexity index is 249. The van der Waals surface area contributed by atoms with Gasteiger partial charge in [-0.05, 0) is 37.3 Å². The van der Waals surface area contributed by atoms with E-state index in [0.29, 0.717) is 0 Å². The molecule has 0 aliphatic heterocycles. The van der Waals surface area contributed by atoms with Crippen LogP contribution in [0.1, 0.15) is 18.5 Å². The molecule has 1 aliphatic carbocycles. The summed E-state index contributed by atoms with van der Waals surface area (Å²) in [7, 11) is 1.91. The zero-order valence-electron chi connectivity index (χ0n) is 7.38. The molecule has 0 aromatic carbocycles. The van der Waals surface area contributed by atoms with Gasteiger partial charge in [-0.15, -0.1) is 0 Å². The van der Waals surface area contributed by atoms with Gasteiger partial charge in [-0.3, -0.25) is 4.98 Å². The van der Waals surface area contributed by atoms with Crippen LogP contribution in [0.25, 0.3) is 0 Å². The molecule has 1 aliphatic rings. The van der Waals surface area contributed by atoms with Crippen molar-refractivity contribution < 1.29 is 0 Å². The van der Waals surface area contributed by atoms with E-state index < -0.39 is 0 Å². The second-order valence-corrected chi connectivity index (χ2v) is 3.44. The Morgan fingerprint density at radius 2 is 2.33 bits per heavy atom. The van der Waals surface area contributed by atoms with Crippen LogP contribution in [0.5, 0.6) is 0 Å². The lowest BCUT2D eigenvalue weighted by molar-refractivity contribution is 0.804. The highest BCUT2D eigenvalue weighted by Crippen LogP contribution is 2.32. The summed E-state index contributed by atoms with van der Waals surface area (Å²) in [4.78, 5) is 4.37. The topological polar surface area (TPSA) is 24.9 Å². The summed E-state index contributed by atoms with van der Waals surface area (Å²) in [6.45, 7) is 0. The van der Waals surface area contributed by atoms with Gasteiger partial charge in [0, 0.05) is 12.7 Å². The standard InChI is InChI=1S/C10H14N2/c1-11-10-5-4-9(12-7-10)6-8-2-3-8/h4-5,7-8,11H,2-3,6H2,1H3. The molecule has 0 radical (unpaired) electrons. The van der Waals surface area contributed by atoms with Crippen LogP contribution in [0.15, 0.2) is 18.3 Å². The maximum atomic E-state index is 4.37. The summed E-state index contributed by atoms with van der Waals surface area (Å²) in [6.07, 6.45) is 5.87. The number of nitrogens with zero attached hydrogens (tertiary/aromatic N) is 1. The molecule has 1 N–H and O–H groups in total. The van der Waals surface area contributed by atoms with Crippen LogP contribution in [0.2, 0.25) is 0 Å². The van der Waals surface area contributed by atoms with Crippen molar-refractivity contribution >= 4 is 5.69 Å². The van der Waals surface area contributed by atoms with Crippen LogP contribution in [-0.4, -0.2) is 12.0 Å². The maximum Gasteiger partial charge on any atom is 0.0524 e. The van der Waals surface area contributed by atoms with E-state index in [0.717, 1.165) is 11.6 Å². The van der Waals surface area contributed by atoms with Crippen molar-refractivity contribution in [1.82, 2.24) is 4.98 Å². The van der Waals surface area contributed by atoms with E-state index in [2.05, 4.69) is 22.4 Å². The van der Waals surface area contributed by atoms with Gasteiger partial charge in [-0.25, -0.2) is 0 Å². The molecule has 2 nitrogen and oxygen atoms in total. The van der Waals surface area contributed by atoms with E-state index >= 15 is 0 Å². The van der Waals surface area contributed by atoms with E-state index in [4.69, 9.17) is 0 Å². The second kappa shape index (κ2) is 3.13. The first-order valence-electron chi connectivity index (χ1n) is 4.51. The highest BCUT2D eigenvalue weighted by molar-refractivity contribution is 5.39. The van der Waals surface area contributed by atoms with Crippen LogP contribution in [-0.2, 0) is 6.42 Å². The summed E-state index contributed by atoms with van der Waals surface area (Å²) in [5.41, 5.74) is 2.33. The van der Waals surface area contributed by atoms with Crippen molar-refractivity contribution in [2.45, 2.75) is 19.3 Å². The average molecular weight is 162 g/mol. The van der Waals surface area contributed by atoms with Crippen LogP contribution in [0, 0.1) is 5.92 Å². The molecule has 1 aromatic heterocycles. The summed E-state index contributed by atoms with van der Waals surface area (Å²) >= 11 is 0. The molecule has 2 heteroatoms. The molecular formula is C10H14N2. The third-order valence-electron chi connectivity index (χ3n) is 2.31. The molecule has 0 unspecified atom stereocenters. The number of hydrogen-bond acceptors (Lipinski definition) is 2. The number of pyridine rings is 1. The Labute approximate surface area is 73.0 Å². The van der Waals surface area contributed by atoms with Gasteiger partial charge in [-0.1, -0.05) is 0 Å². The summed E-state index contributed by atoms with van der Waals surface area (Å²) in [6, 6.07) is 4.20. The first-order valence-corrected chi connectivity index (χ1v) is 4.51. The minimum absolute atomic E-state index is 0.929. The van der Waals surface area contributed by atoms with E-state index in [1.807, 2.05) is 13.2 Å². The van der Waals surface area contributed by atoms with Gasteiger partial charge >= 0.3 is 0 Å². The molecule has 0 saturated heterocycles. The molecule has 1 fully saturated rings. The lowest BCUT2D eigenvalue weighted by atomic mass is 10.2. The highest BCUT2D eigenvalue weighted by atomic mass is 14.8. The van der Waals surface area contributed by atoms with Gasteiger partial charge in [0.05, 0.1) is 11.9 Å². The first kappa shape index (κ1) is 7.59. The van der Waals surface area contributed by atoms with Crippen molar-refractivity contribution in [2.24, 2.45) is 5.92 Å². The molecular weight excluding hydrogens is 148 g/mol. The number of hydrogen-bond donors (Lipinski definition) is 1. The zero-order chi connectivity index (χ0) is 8.39. The predicted octanol–water partition coefficient (Wildman–Crippen LogP) is 2.08. The largest absolute Gasteiger partial charge is 0.387 e. The molecule has 12 heavy (non-hydrogen) atoms. The number of aromatic nitrogens is 1. The molecule has 0 atom stereocenters. The fourth-order valence-corrected chi connectivity index (χ4v) is 1.31. The minimum Gasteiger partial charge on any atom is -0.387 e. The molecule has 1 aromatic rings. The van der Waals surface area contributed by atoms with E-state index in [-0.39, 0.29) is 0 Å². The molecule has 0 spiro atoms. The number of anilines is 1. The average Bonchev–Trinajstić information content (AvgIpc) is 2.90. The molecule has 1 heterocycles. The van der Waals surface area contributed by atoms with Crippen molar-refractivity contribution in [3.8, 4) is 0 Å². The van der Waals surface area contributed by atoms with Gasteiger partial charge in [0.2, 0.25) is 0 Å². The van der Waals surface area contributed by atoms with Gasteiger partial charge in [0.1, 0.15) is 0 Å². The Morgan fingerprint density at radius 3 is 2.83 bits per heavy atom. The fraction of sp³-hybridized carbons (Fsp3) is 0.500. The third kappa shape index (κ3) is 1.76. The highest BCUT2D eigenvalue weighted by Gasteiger charge is 2.21. The Hall–Kier alpha value is -1.05. The zero-order valence-corrected chi connectivity index (χ0v) is 7.38. The van der Waals surface area contributed by atoms with E-state index in [1.54, 1.807) is 0 Å². The smallest absolute Gasteiger partial charge is 0.0524 e. The molecule has 0 bridgehead atoms. The predicted molar refractivity (Wildman–Crippen MR) is 50.2 cm³/mol. The third-order valence-corrected chi connectivity index (χ3v) is 2.31. The SMILES string of the molecule is CNc1ccc(CC2CC2)nc1. The van der Waals surface area contributed by atoms with Gasteiger partial charge in [0.25, 0.3) is 0 Å². The number of nitrogens with one attached hydrogen (secondary N) is 1. The molecule has 64 valence electrons. The summed E-state index contributed by atoms with van der Waals surface area (Å²) < 4.78 is 0. The van der Waals surface area contributed by atoms with Crippen LogP contribution in [0.4, 0.5) is 5.69 Å². The van der Waals surface area contributed by atoms with Crippen molar-refractivity contribution in [2.75, 3.05) is 12.4 Å². The lowest BCUT2D eigenvalue weighted by Crippen LogP contribution is -1.93. The van der Waals surface area contributed by atoms with Gasteiger partial charge in [-0.2, -0.15) is 0 Å². The monoisotopic (exact) mass is 162 g/mol. The Morgan fingerprint density at radius 1 is 1.50 bits per heavy atom. The van der Waals surface area contributed by atoms with E-state index in [9.17, 15) is 0 Å². The van der Waals surface area contributed by atoms with Gasteiger partial charge in [0.15, 0.2) is 0 Å². The first-order chi connectivity index (χ1) is 5.88. The number of rotatable bonds is 3. The van der Waals surface area contributed by atoms with Gasteiger partial charge < -0.3 is 5.32 Å². The van der Waals surface area contributed by atoms with E-state index in [1.165, 1.54) is 25.0 Å². The summed E-state index contributed by atoms with van der Waals surface area (Å²) in [5.74, 6) is 0.929. The fourth-order valence-electron chi connectivity index (χ4n) is 1.31. The van der Waals surface area contributed by atoms with Crippen molar-refractivity contribution in [1.29, 1.82) is 0 Å². The lowest BCUT2D eigenvalue weighted by Gasteiger charge is -2.00. The van der Waals surface area contributed by atoms with Crippen LogP contribution < -0.4 is 5.32 Å². The van der Waals surface area contributed by atoms with Crippen molar-refractivity contribution in [3.63, 3.8) is 0 Å². The molecule has 0 amide bonds. The van der Waals surface area contributed by atoms with Crippen LogP contribution >= 0.6 is 0 Å². The minimum atomic E-state index is 0.929. The maximum absolute atomic E-state index is 4.37. The normalized spacial score (nSPS) is 16.1. The van der Waals surface area contributed by atoms with Crippen molar-refractivity contribution in [3.05, 3.63) is 24.0 Å². The Balaban J connectivity index is 2.02. The second-order valence-electron chi connectivity index (χ2n) is 3.44. The molecule has 2 rings (SSSR count).